The number of benzene rings is 1. The first-order valence-corrected chi connectivity index (χ1v) is 13.7. The van der Waals surface area contributed by atoms with Gasteiger partial charge in [0.25, 0.3) is 0 Å². The number of rotatable bonds is 12. The minimum atomic E-state index is -4.22. The number of hydrogen-bond acceptors (Lipinski definition) is 7. The van der Waals surface area contributed by atoms with Crippen molar-refractivity contribution in [2.24, 2.45) is 5.92 Å². The van der Waals surface area contributed by atoms with Crippen LogP contribution in [0.15, 0.2) is 41.3 Å². The number of carbonyl (C=O) groups is 2. The number of aliphatic hydroxyl groups is 2. The summed E-state index contributed by atoms with van der Waals surface area (Å²) >= 11 is 1.13. The molecule has 0 aliphatic heterocycles. The van der Waals surface area contributed by atoms with Gasteiger partial charge in [-0.15, -0.1) is 11.3 Å². The molecule has 0 saturated heterocycles. The predicted molar refractivity (Wildman–Crippen MR) is 131 cm³/mol. The third-order valence-electron chi connectivity index (χ3n) is 5.97. The molecule has 1 saturated carbocycles. The highest BCUT2D eigenvalue weighted by Gasteiger charge is 2.48. The molecule has 1 aliphatic carbocycles. The summed E-state index contributed by atoms with van der Waals surface area (Å²) < 4.78 is 55.4. The van der Waals surface area contributed by atoms with Crippen LogP contribution in [0, 0.1) is 5.92 Å². The quantitative estimate of drug-likeness (QED) is 0.266. The van der Waals surface area contributed by atoms with E-state index in [1.807, 2.05) is 5.32 Å². The molecule has 10 nitrogen and oxygen atoms in total. The fraction of sp³-hybridized carbons (Fsp3) is 0.478. The van der Waals surface area contributed by atoms with Gasteiger partial charge in [-0.1, -0.05) is 12.1 Å². The van der Waals surface area contributed by atoms with E-state index >= 15 is 0 Å². The lowest BCUT2D eigenvalue weighted by molar-refractivity contribution is -0.120. The van der Waals surface area contributed by atoms with Gasteiger partial charge in [0.2, 0.25) is 21.9 Å². The Kier molecular flexibility index (Phi) is 9.23. The van der Waals surface area contributed by atoms with E-state index in [1.54, 1.807) is 12.1 Å². The first-order chi connectivity index (χ1) is 17.3. The Balaban J connectivity index is 1.83. The molecular formula is C23H29F2N3O7S2. The van der Waals surface area contributed by atoms with Crippen LogP contribution in [-0.2, 0) is 21.4 Å². The number of carboxylic acid groups (broad SMARTS) is 1. The monoisotopic (exact) mass is 561 g/mol. The van der Waals surface area contributed by atoms with Crippen molar-refractivity contribution in [2.45, 2.75) is 49.3 Å². The average Bonchev–Trinajstić information content (AvgIpc) is 3.28. The fourth-order valence-corrected chi connectivity index (χ4v) is 6.81. The van der Waals surface area contributed by atoms with Crippen LogP contribution < -0.4 is 10.6 Å². The van der Waals surface area contributed by atoms with Gasteiger partial charge in [-0.25, -0.2) is 22.0 Å². The van der Waals surface area contributed by atoms with Crippen molar-refractivity contribution in [2.75, 3.05) is 19.7 Å². The number of carbonyl (C=O) groups excluding carboxylic acids is 1. The summed E-state index contributed by atoms with van der Waals surface area (Å²) in [5, 5.41) is 33.0. The molecule has 0 radical (unpaired) electrons. The van der Waals surface area contributed by atoms with Crippen molar-refractivity contribution in [1.29, 1.82) is 0 Å². The number of hydrogen-bond donors (Lipinski definition) is 5. The van der Waals surface area contributed by atoms with Crippen molar-refractivity contribution in [1.82, 2.24) is 14.9 Å². The normalized spacial score (nSPS) is 17.1. The van der Waals surface area contributed by atoms with Gasteiger partial charge in [0.15, 0.2) is 0 Å². The van der Waals surface area contributed by atoms with Gasteiger partial charge in [-0.3, -0.25) is 4.79 Å². The number of nitrogens with one attached hydrogen (secondary N) is 2. The molecular weight excluding hydrogens is 532 g/mol. The molecule has 2 unspecified atom stereocenters. The van der Waals surface area contributed by atoms with Crippen LogP contribution in [0.1, 0.15) is 47.2 Å². The summed E-state index contributed by atoms with van der Waals surface area (Å²) in [4.78, 5) is 23.2. The van der Waals surface area contributed by atoms with Crippen LogP contribution in [-0.4, -0.2) is 65.7 Å². The summed E-state index contributed by atoms with van der Waals surface area (Å²) in [6.45, 7) is 0.326. The fourth-order valence-electron chi connectivity index (χ4n) is 4.01. The molecule has 0 spiro atoms. The molecule has 1 heterocycles. The third kappa shape index (κ3) is 7.45. The van der Waals surface area contributed by atoms with E-state index in [2.05, 4.69) is 5.32 Å². The highest BCUT2D eigenvalue weighted by molar-refractivity contribution is 7.89. The van der Waals surface area contributed by atoms with E-state index in [0.717, 1.165) is 15.6 Å². The van der Waals surface area contributed by atoms with Crippen LogP contribution in [0.5, 0.6) is 0 Å². The topological polar surface area (TPSA) is 156 Å². The van der Waals surface area contributed by atoms with Crippen LogP contribution in [0.4, 0.5) is 13.6 Å². The Hall–Kier alpha value is -2.65. The van der Waals surface area contributed by atoms with Gasteiger partial charge in [0.1, 0.15) is 0 Å². The summed E-state index contributed by atoms with van der Waals surface area (Å²) in [7, 11) is -4.22. The Morgan fingerprint density at radius 1 is 1.16 bits per heavy atom. The van der Waals surface area contributed by atoms with Gasteiger partial charge in [0.05, 0.1) is 36.7 Å². The largest absolute Gasteiger partial charge is 0.465 e. The predicted octanol–water partition coefficient (Wildman–Crippen LogP) is 2.45. The molecule has 2 amide bonds. The van der Waals surface area contributed by atoms with Gasteiger partial charge in [-0.05, 0) is 42.7 Å². The van der Waals surface area contributed by atoms with E-state index in [0.29, 0.717) is 15.3 Å². The lowest BCUT2D eigenvalue weighted by atomic mass is 9.81. The van der Waals surface area contributed by atoms with Crippen LogP contribution in [0.25, 0.3) is 0 Å². The van der Waals surface area contributed by atoms with E-state index in [9.17, 15) is 37.0 Å². The molecule has 14 heteroatoms. The maximum atomic E-state index is 13.6. The smallest absolute Gasteiger partial charge is 0.405 e. The lowest BCUT2D eigenvalue weighted by Gasteiger charge is -2.39. The number of halogens is 2. The van der Waals surface area contributed by atoms with Crippen LogP contribution >= 0.6 is 11.3 Å². The summed E-state index contributed by atoms with van der Waals surface area (Å²) in [5.74, 6) is -4.00. The molecule has 3 rings (SSSR count). The summed E-state index contributed by atoms with van der Waals surface area (Å²) in [6, 6.07) is 7.76. The number of sulfonamides is 1. The number of nitrogens with zero attached hydrogens (tertiary/aromatic N) is 1. The van der Waals surface area contributed by atoms with Crippen molar-refractivity contribution in [3.8, 4) is 0 Å². The number of alkyl halides is 2. The zero-order chi connectivity index (χ0) is 27.4. The second-order valence-corrected chi connectivity index (χ2v) is 12.0. The molecule has 5 N–H and O–H groups in total. The first-order valence-electron chi connectivity index (χ1n) is 11.4. The maximum Gasteiger partial charge on any atom is 0.405 e. The van der Waals surface area contributed by atoms with Gasteiger partial charge in [0, 0.05) is 29.1 Å². The Morgan fingerprint density at radius 3 is 2.35 bits per heavy atom. The standard InChI is InChI=1S/C23H29F2N3O7S2/c1-14(30)16-2-5-18(6-3-16)37(34,35)28(12-15-8-23(24,25)9-15)19(13-29)20-7-4-17(36-20)10-26-21(31)11-27-22(32)33/h2-7,14-15,19,27,29-30H,8-13H2,1H3,(H,26,31)(H,32,33). The summed E-state index contributed by atoms with van der Waals surface area (Å²) in [6.07, 6.45) is -3.06. The van der Waals surface area contributed by atoms with Crippen molar-refractivity contribution >= 4 is 33.4 Å². The molecule has 1 aromatic carbocycles. The highest BCUT2D eigenvalue weighted by Crippen LogP contribution is 2.44. The minimum absolute atomic E-state index is 0.0470. The van der Waals surface area contributed by atoms with Crippen LogP contribution in [0.2, 0.25) is 0 Å². The average molecular weight is 562 g/mol. The van der Waals surface area contributed by atoms with Gasteiger partial charge < -0.3 is 26.0 Å². The maximum absolute atomic E-state index is 13.6. The van der Waals surface area contributed by atoms with Crippen molar-refractivity contribution < 1.29 is 42.1 Å². The number of thiophene rings is 1. The van der Waals surface area contributed by atoms with E-state index < -0.39 is 72.0 Å². The molecule has 0 bridgehead atoms. The van der Waals surface area contributed by atoms with Crippen molar-refractivity contribution in [3.05, 3.63) is 51.7 Å². The zero-order valence-electron chi connectivity index (χ0n) is 19.9. The van der Waals surface area contributed by atoms with E-state index in [-0.39, 0.29) is 18.0 Å². The molecule has 1 aliphatic rings. The molecule has 2 atom stereocenters. The molecule has 204 valence electrons. The Morgan fingerprint density at radius 2 is 1.81 bits per heavy atom. The number of amides is 2. The molecule has 2 aromatic rings. The summed E-state index contributed by atoms with van der Waals surface area (Å²) in [5.41, 5.74) is 0.506. The lowest BCUT2D eigenvalue weighted by Crippen LogP contribution is -2.46. The SMILES string of the molecule is CC(O)c1ccc(S(=O)(=O)N(CC2CC(F)(F)C2)C(CO)c2ccc(CNC(=O)CNC(=O)O)s2)cc1. The first kappa shape index (κ1) is 28.9. The number of aliphatic hydroxyl groups excluding tert-OH is 2. The van der Waals surface area contributed by atoms with E-state index in [1.165, 1.54) is 31.2 Å². The highest BCUT2D eigenvalue weighted by atomic mass is 32.2. The van der Waals surface area contributed by atoms with Crippen LogP contribution in [0.3, 0.4) is 0 Å². The third-order valence-corrected chi connectivity index (χ3v) is 9.05. The van der Waals surface area contributed by atoms with Gasteiger partial charge in [-0.2, -0.15) is 4.31 Å². The van der Waals surface area contributed by atoms with E-state index in [4.69, 9.17) is 5.11 Å². The Labute approximate surface area is 217 Å². The van der Waals surface area contributed by atoms with Crippen molar-refractivity contribution in [3.63, 3.8) is 0 Å². The second-order valence-electron chi connectivity index (χ2n) is 8.89. The molecule has 37 heavy (non-hydrogen) atoms. The van der Waals surface area contributed by atoms with Gasteiger partial charge >= 0.3 is 6.09 Å². The molecule has 1 fully saturated rings. The minimum Gasteiger partial charge on any atom is -0.465 e. The molecule has 1 aromatic heterocycles. The second kappa shape index (κ2) is 11.8. The Bertz CT molecular complexity index is 1200. The zero-order valence-corrected chi connectivity index (χ0v) is 21.6.